The lowest BCUT2D eigenvalue weighted by atomic mass is 10.3. The summed E-state index contributed by atoms with van der Waals surface area (Å²) in [5.74, 6) is 2.13. The van der Waals surface area contributed by atoms with E-state index in [1.54, 1.807) is 7.11 Å². The number of nitrogens with zero attached hydrogens (tertiary/aromatic N) is 3. The number of morpholine rings is 1. The fourth-order valence-electron chi connectivity index (χ4n) is 2.75. The summed E-state index contributed by atoms with van der Waals surface area (Å²) in [6, 6.07) is 9.67. The highest BCUT2D eigenvalue weighted by Crippen LogP contribution is 2.26. The van der Waals surface area contributed by atoms with Gasteiger partial charge in [-0.05, 0) is 19.1 Å². The average Bonchev–Trinajstić information content (AvgIpc) is 2.63. The van der Waals surface area contributed by atoms with Crippen LogP contribution in [0.4, 0.5) is 17.5 Å². The molecule has 3 rings (SSSR count). The van der Waals surface area contributed by atoms with Gasteiger partial charge >= 0.3 is 0 Å². The molecule has 25 heavy (non-hydrogen) atoms. The molecule has 1 aliphatic heterocycles. The van der Waals surface area contributed by atoms with Crippen molar-refractivity contribution in [2.45, 2.75) is 6.92 Å². The molecule has 0 bridgehead atoms. The molecule has 7 nitrogen and oxygen atoms in total. The molecule has 0 unspecified atom stereocenters. The third-order valence-corrected chi connectivity index (χ3v) is 4.05. The maximum Gasteiger partial charge on any atom is 0.229 e. The second-order valence-electron chi connectivity index (χ2n) is 5.92. The molecule has 2 heterocycles. The molecule has 1 fully saturated rings. The monoisotopic (exact) mass is 343 g/mol. The Morgan fingerprint density at radius 2 is 2.00 bits per heavy atom. The van der Waals surface area contributed by atoms with Crippen molar-refractivity contribution in [1.82, 2.24) is 14.9 Å². The van der Waals surface area contributed by atoms with Crippen LogP contribution in [-0.2, 0) is 4.74 Å². The number of nitrogens with one attached hydrogen (secondary N) is 2. The van der Waals surface area contributed by atoms with E-state index in [0.717, 1.165) is 62.3 Å². The number of methoxy groups -OCH3 is 1. The zero-order valence-corrected chi connectivity index (χ0v) is 14.8. The minimum Gasteiger partial charge on any atom is -0.495 e. The van der Waals surface area contributed by atoms with Crippen molar-refractivity contribution in [3.63, 3.8) is 0 Å². The van der Waals surface area contributed by atoms with Crippen molar-refractivity contribution in [2.24, 2.45) is 0 Å². The molecular weight excluding hydrogens is 318 g/mol. The molecule has 0 atom stereocenters. The largest absolute Gasteiger partial charge is 0.495 e. The topological polar surface area (TPSA) is 71.5 Å². The number of benzene rings is 1. The molecular formula is C18H25N5O2. The standard InChI is InChI=1S/C18H25N5O2/c1-14-13-17(19-7-8-23-9-11-25-12-10-23)22-18(20-14)21-15-5-3-4-6-16(15)24-2/h3-6,13H,7-12H2,1-2H3,(H2,19,20,21,22). The van der Waals surface area contributed by atoms with Gasteiger partial charge in [-0.3, -0.25) is 4.90 Å². The number of para-hydroxylation sites is 2. The van der Waals surface area contributed by atoms with E-state index in [4.69, 9.17) is 9.47 Å². The van der Waals surface area contributed by atoms with Gasteiger partial charge in [-0.2, -0.15) is 4.98 Å². The molecule has 0 saturated carbocycles. The zero-order chi connectivity index (χ0) is 17.5. The molecule has 1 aliphatic rings. The molecule has 1 aromatic carbocycles. The van der Waals surface area contributed by atoms with Crippen LogP contribution >= 0.6 is 0 Å². The van der Waals surface area contributed by atoms with Gasteiger partial charge in [-0.15, -0.1) is 0 Å². The van der Waals surface area contributed by atoms with E-state index >= 15 is 0 Å². The van der Waals surface area contributed by atoms with Crippen LogP contribution in [0.15, 0.2) is 30.3 Å². The summed E-state index contributed by atoms with van der Waals surface area (Å²) >= 11 is 0. The Balaban J connectivity index is 1.61. The van der Waals surface area contributed by atoms with E-state index in [9.17, 15) is 0 Å². The zero-order valence-electron chi connectivity index (χ0n) is 14.8. The van der Waals surface area contributed by atoms with Crippen LogP contribution in [-0.4, -0.2) is 61.4 Å². The Hall–Kier alpha value is -2.38. The van der Waals surface area contributed by atoms with Gasteiger partial charge in [0.25, 0.3) is 0 Å². The van der Waals surface area contributed by atoms with E-state index < -0.39 is 0 Å². The van der Waals surface area contributed by atoms with Gasteiger partial charge in [0.05, 0.1) is 26.0 Å². The smallest absolute Gasteiger partial charge is 0.229 e. The number of anilines is 3. The van der Waals surface area contributed by atoms with Crippen molar-refractivity contribution < 1.29 is 9.47 Å². The predicted octanol–water partition coefficient (Wildman–Crippen LogP) is 2.28. The van der Waals surface area contributed by atoms with Gasteiger partial charge in [-0.1, -0.05) is 12.1 Å². The molecule has 134 valence electrons. The summed E-state index contributed by atoms with van der Waals surface area (Å²) in [6.07, 6.45) is 0. The lowest BCUT2D eigenvalue weighted by Gasteiger charge is -2.26. The Bertz CT molecular complexity index is 689. The number of aryl methyl sites for hydroxylation is 1. The quantitative estimate of drug-likeness (QED) is 0.799. The van der Waals surface area contributed by atoms with Crippen molar-refractivity contribution in [3.05, 3.63) is 36.0 Å². The van der Waals surface area contributed by atoms with Crippen LogP contribution in [0.5, 0.6) is 5.75 Å². The molecule has 7 heteroatoms. The molecule has 1 saturated heterocycles. The van der Waals surface area contributed by atoms with Crippen LogP contribution in [0.2, 0.25) is 0 Å². The van der Waals surface area contributed by atoms with Crippen LogP contribution in [0.3, 0.4) is 0 Å². The number of aromatic nitrogens is 2. The van der Waals surface area contributed by atoms with Crippen LogP contribution in [0.25, 0.3) is 0 Å². The third-order valence-electron chi connectivity index (χ3n) is 4.05. The van der Waals surface area contributed by atoms with Gasteiger partial charge in [-0.25, -0.2) is 4.98 Å². The van der Waals surface area contributed by atoms with Crippen LogP contribution in [0, 0.1) is 6.92 Å². The first-order chi connectivity index (χ1) is 12.2. The molecule has 0 aliphatic carbocycles. The Kier molecular flexibility index (Phi) is 6.03. The number of hydrogen-bond acceptors (Lipinski definition) is 7. The maximum absolute atomic E-state index is 5.37. The highest BCUT2D eigenvalue weighted by Gasteiger charge is 2.10. The number of ether oxygens (including phenoxy) is 2. The summed E-state index contributed by atoms with van der Waals surface area (Å²) in [5, 5.41) is 6.61. The summed E-state index contributed by atoms with van der Waals surface area (Å²) < 4.78 is 10.7. The van der Waals surface area contributed by atoms with Crippen LogP contribution < -0.4 is 15.4 Å². The van der Waals surface area contributed by atoms with E-state index in [-0.39, 0.29) is 0 Å². The van der Waals surface area contributed by atoms with Gasteiger partial charge in [0.15, 0.2) is 0 Å². The summed E-state index contributed by atoms with van der Waals surface area (Å²) in [5.41, 5.74) is 1.75. The first-order valence-electron chi connectivity index (χ1n) is 8.54. The van der Waals surface area contributed by atoms with Gasteiger partial charge < -0.3 is 20.1 Å². The third kappa shape index (κ3) is 5.04. The lowest BCUT2D eigenvalue weighted by molar-refractivity contribution is 0.0398. The Labute approximate surface area is 148 Å². The summed E-state index contributed by atoms with van der Waals surface area (Å²) in [6.45, 7) is 7.39. The SMILES string of the molecule is COc1ccccc1Nc1nc(C)cc(NCCN2CCOCC2)n1. The van der Waals surface area contributed by atoms with E-state index in [1.165, 1.54) is 0 Å². The van der Waals surface area contributed by atoms with Gasteiger partial charge in [0, 0.05) is 37.9 Å². The maximum atomic E-state index is 5.37. The molecule has 1 aromatic heterocycles. The van der Waals surface area contributed by atoms with E-state index in [2.05, 4.69) is 25.5 Å². The highest BCUT2D eigenvalue weighted by atomic mass is 16.5. The second-order valence-corrected chi connectivity index (χ2v) is 5.92. The van der Waals surface area contributed by atoms with Crippen LogP contribution in [0.1, 0.15) is 5.69 Å². The van der Waals surface area contributed by atoms with Crippen molar-refractivity contribution in [2.75, 3.05) is 57.1 Å². The first kappa shape index (κ1) is 17.4. The second kappa shape index (κ2) is 8.64. The minimum absolute atomic E-state index is 0.554. The van der Waals surface area contributed by atoms with Crippen molar-refractivity contribution >= 4 is 17.5 Å². The fraction of sp³-hybridized carbons (Fsp3) is 0.444. The number of rotatable bonds is 7. The lowest BCUT2D eigenvalue weighted by Crippen LogP contribution is -2.39. The van der Waals surface area contributed by atoms with Gasteiger partial charge in [0.2, 0.25) is 5.95 Å². The molecule has 2 aromatic rings. The van der Waals surface area contributed by atoms with E-state index in [1.807, 2.05) is 37.3 Å². The van der Waals surface area contributed by atoms with Gasteiger partial charge in [0.1, 0.15) is 11.6 Å². The average molecular weight is 343 g/mol. The molecule has 2 N–H and O–H groups in total. The van der Waals surface area contributed by atoms with Crippen molar-refractivity contribution in [3.8, 4) is 5.75 Å². The summed E-state index contributed by atoms with van der Waals surface area (Å²) in [7, 11) is 1.65. The minimum atomic E-state index is 0.554. The number of hydrogen-bond donors (Lipinski definition) is 2. The van der Waals surface area contributed by atoms with E-state index in [0.29, 0.717) is 5.95 Å². The summed E-state index contributed by atoms with van der Waals surface area (Å²) in [4.78, 5) is 11.4. The first-order valence-corrected chi connectivity index (χ1v) is 8.54. The highest BCUT2D eigenvalue weighted by molar-refractivity contribution is 5.63. The Morgan fingerprint density at radius 1 is 1.20 bits per heavy atom. The van der Waals surface area contributed by atoms with Crippen molar-refractivity contribution in [1.29, 1.82) is 0 Å². The molecule has 0 spiro atoms. The molecule has 0 amide bonds. The molecule has 0 radical (unpaired) electrons. The normalized spacial score (nSPS) is 15.0. The predicted molar refractivity (Wildman–Crippen MR) is 98.8 cm³/mol. The Morgan fingerprint density at radius 3 is 2.80 bits per heavy atom. The fourth-order valence-corrected chi connectivity index (χ4v) is 2.75.